The predicted octanol–water partition coefficient (Wildman–Crippen LogP) is 2.40. The van der Waals surface area contributed by atoms with E-state index in [1.807, 2.05) is 11.9 Å². The first-order valence-corrected chi connectivity index (χ1v) is 6.94. The highest BCUT2D eigenvalue weighted by Crippen LogP contribution is 2.27. The number of nitrogens with zero attached hydrogens (tertiary/aromatic N) is 1. The highest BCUT2D eigenvalue weighted by Gasteiger charge is 2.28. The third-order valence-electron chi connectivity index (χ3n) is 3.85. The summed E-state index contributed by atoms with van der Waals surface area (Å²) in [5.74, 6) is 1.34. The van der Waals surface area contributed by atoms with Gasteiger partial charge in [0.05, 0.1) is 6.04 Å². The number of hydrogen-bond acceptors (Lipinski definition) is 2. The second-order valence-electron chi connectivity index (χ2n) is 6.11. The van der Waals surface area contributed by atoms with Crippen molar-refractivity contribution in [3.8, 4) is 0 Å². The van der Waals surface area contributed by atoms with Crippen LogP contribution in [0, 0.1) is 11.8 Å². The third-order valence-corrected chi connectivity index (χ3v) is 3.85. The molecule has 100 valence electrons. The lowest BCUT2D eigenvalue weighted by atomic mass is 9.86. The predicted molar refractivity (Wildman–Crippen MR) is 71.6 cm³/mol. The van der Waals surface area contributed by atoms with E-state index in [1.165, 1.54) is 12.8 Å². The summed E-state index contributed by atoms with van der Waals surface area (Å²) in [5.41, 5.74) is 5.97. The van der Waals surface area contributed by atoms with E-state index < -0.39 is 0 Å². The summed E-state index contributed by atoms with van der Waals surface area (Å²) >= 11 is 0. The molecule has 1 amide bonds. The molecule has 0 spiro atoms. The van der Waals surface area contributed by atoms with Gasteiger partial charge >= 0.3 is 0 Å². The molecule has 0 aromatic rings. The first kappa shape index (κ1) is 14.5. The zero-order valence-electron chi connectivity index (χ0n) is 11.8. The molecule has 0 radical (unpaired) electrons. The maximum Gasteiger partial charge on any atom is 0.239 e. The van der Waals surface area contributed by atoms with Crippen molar-refractivity contribution in [1.82, 2.24) is 4.90 Å². The molecule has 0 aromatic heterocycles. The molecule has 3 atom stereocenters. The van der Waals surface area contributed by atoms with Crippen LogP contribution in [0.5, 0.6) is 0 Å². The van der Waals surface area contributed by atoms with Crippen molar-refractivity contribution in [2.75, 3.05) is 7.05 Å². The fourth-order valence-corrected chi connectivity index (χ4v) is 2.80. The summed E-state index contributed by atoms with van der Waals surface area (Å²) in [6, 6.07) is 0.0849. The summed E-state index contributed by atoms with van der Waals surface area (Å²) in [7, 11) is 1.92. The Labute approximate surface area is 106 Å². The molecule has 0 saturated heterocycles. The Morgan fingerprint density at radius 3 is 2.59 bits per heavy atom. The minimum Gasteiger partial charge on any atom is -0.341 e. The standard InChI is InChI=1S/C14H28N2O/c1-10(2)8-13(15)14(17)16(4)12-7-5-6-11(3)9-12/h10-13H,5-9,15H2,1-4H3. The van der Waals surface area contributed by atoms with E-state index in [2.05, 4.69) is 20.8 Å². The number of rotatable bonds is 4. The Morgan fingerprint density at radius 1 is 1.41 bits per heavy atom. The van der Waals surface area contributed by atoms with Crippen LogP contribution in [0.2, 0.25) is 0 Å². The van der Waals surface area contributed by atoms with Crippen molar-refractivity contribution in [2.24, 2.45) is 17.6 Å². The fourth-order valence-electron chi connectivity index (χ4n) is 2.80. The van der Waals surface area contributed by atoms with Gasteiger partial charge in [0.2, 0.25) is 5.91 Å². The Hall–Kier alpha value is -0.570. The average Bonchev–Trinajstić information content (AvgIpc) is 2.26. The summed E-state index contributed by atoms with van der Waals surface area (Å²) in [6.07, 6.45) is 5.60. The molecule has 17 heavy (non-hydrogen) atoms. The van der Waals surface area contributed by atoms with E-state index in [9.17, 15) is 4.79 Å². The first-order valence-electron chi connectivity index (χ1n) is 6.94. The SMILES string of the molecule is CC(C)CC(N)C(=O)N(C)C1CCCC(C)C1. The molecular weight excluding hydrogens is 212 g/mol. The van der Waals surface area contributed by atoms with Crippen molar-refractivity contribution in [3.63, 3.8) is 0 Å². The largest absolute Gasteiger partial charge is 0.341 e. The van der Waals surface area contributed by atoms with E-state index in [-0.39, 0.29) is 11.9 Å². The third kappa shape index (κ3) is 4.30. The monoisotopic (exact) mass is 240 g/mol. The topological polar surface area (TPSA) is 46.3 Å². The highest BCUT2D eigenvalue weighted by molar-refractivity contribution is 5.81. The van der Waals surface area contributed by atoms with E-state index in [0.29, 0.717) is 12.0 Å². The molecule has 1 aliphatic carbocycles. The van der Waals surface area contributed by atoms with Crippen LogP contribution >= 0.6 is 0 Å². The number of carbonyl (C=O) groups is 1. The summed E-state index contributed by atoms with van der Waals surface area (Å²) in [6.45, 7) is 6.49. The molecule has 1 saturated carbocycles. The van der Waals surface area contributed by atoms with Gasteiger partial charge in [-0.1, -0.05) is 33.6 Å². The van der Waals surface area contributed by atoms with Crippen LogP contribution in [0.4, 0.5) is 0 Å². The van der Waals surface area contributed by atoms with Gasteiger partial charge in [-0.25, -0.2) is 0 Å². The van der Waals surface area contributed by atoms with Crippen molar-refractivity contribution in [3.05, 3.63) is 0 Å². The van der Waals surface area contributed by atoms with Crippen LogP contribution in [0.3, 0.4) is 0 Å². The van der Waals surface area contributed by atoms with Gasteiger partial charge in [-0.2, -0.15) is 0 Å². The maximum atomic E-state index is 12.2. The van der Waals surface area contributed by atoms with Gasteiger partial charge in [0, 0.05) is 13.1 Å². The molecule has 0 aliphatic heterocycles. The summed E-state index contributed by atoms with van der Waals surface area (Å²) in [5, 5.41) is 0. The van der Waals surface area contributed by atoms with Gasteiger partial charge in [-0.15, -0.1) is 0 Å². The van der Waals surface area contributed by atoms with Gasteiger partial charge < -0.3 is 10.6 Å². The van der Waals surface area contributed by atoms with E-state index >= 15 is 0 Å². The van der Waals surface area contributed by atoms with Gasteiger partial charge in [0.15, 0.2) is 0 Å². The van der Waals surface area contributed by atoms with Gasteiger partial charge in [0.1, 0.15) is 0 Å². The normalized spacial score (nSPS) is 26.9. The zero-order valence-corrected chi connectivity index (χ0v) is 11.8. The molecule has 2 N–H and O–H groups in total. The number of hydrogen-bond donors (Lipinski definition) is 1. The molecule has 0 aromatic carbocycles. The quantitative estimate of drug-likeness (QED) is 0.820. The molecular formula is C14H28N2O. The van der Waals surface area contributed by atoms with Crippen LogP contribution in [-0.4, -0.2) is 29.9 Å². The number of nitrogens with two attached hydrogens (primary N) is 1. The zero-order chi connectivity index (χ0) is 13.0. The number of likely N-dealkylation sites (N-methyl/N-ethyl adjacent to an activating group) is 1. The minimum absolute atomic E-state index is 0.123. The molecule has 3 heteroatoms. The molecule has 1 fully saturated rings. The minimum atomic E-state index is -0.322. The smallest absolute Gasteiger partial charge is 0.239 e. The molecule has 1 aliphatic rings. The van der Waals surface area contributed by atoms with E-state index in [0.717, 1.165) is 25.2 Å². The Kier molecular flexibility index (Phi) is 5.44. The second kappa shape index (κ2) is 6.39. The molecule has 3 unspecified atom stereocenters. The van der Waals surface area contributed by atoms with Crippen LogP contribution in [0.1, 0.15) is 52.9 Å². The van der Waals surface area contributed by atoms with E-state index in [1.54, 1.807) is 0 Å². The molecule has 3 nitrogen and oxygen atoms in total. The van der Waals surface area contributed by atoms with Gasteiger partial charge in [-0.3, -0.25) is 4.79 Å². The Morgan fingerprint density at radius 2 is 2.06 bits per heavy atom. The van der Waals surface area contributed by atoms with Crippen LogP contribution in [-0.2, 0) is 4.79 Å². The number of amides is 1. The average molecular weight is 240 g/mol. The first-order chi connectivity index (χ1) is 7.91. The Balaban J connectivity index is 2.50. The number of carbonyl (C=O) groups excluding carboxylic acids is 1. The van der Waals surface area contributed by atoms with Crippen molar-refractivity contribution in [2.45, 2.75) is 65.0 Å². The lowest BCUT2D eigenvalue weighted by Gasteiger charge is -2.35. The highest BCUT2D eigenvalue weighted by atomic mass is 16.2. The summed E-state index contributed by atoms with van der Waals surface area (Å²) in [4.78, 5) is 14.1. The molecule has 0 bridgehead atoms. The molecule has 1 rings (SSSR count). The lowest BCUT2D eigenvalue weighted by Crippen LogP contribution is -2.48. The second-order valence-corrected chi connectivity index (χ2v) is 6.11. The Bertz CT molecular complexity index is 253. The van der Waals surface area contributed by atoms with Crippen molar-refractivity contribution in [1.29, 1.82) is 0 Å². The summed E-state index contributed by atoms with van der Waals surface area (Å²) < 4.78 is 0. The fraction of sp³-hybridized carbons (Fsp3) is 0.929. The molecule has 0 heterocycles. The van der Waals surface area contributed by atoms with Crippen molar-refractivity contribution < 1.29 is 4.79 Å². The van der Waals surface area contributed by atoms with Crippen LogP contribution in [0.15, 0.2) is 0 Å². The van der Waals surface area contributed by atoms with Crippen LogP contribution < -0.4 is 5.73 Å². The van der Waals surface area contributed by atoms with Crippen molar-refractivity contribution >= 4 is 5.91 Å². The van der Waals surface area contributed by atoms with E-state index in [4.69, 9.17) is 5.73 Å². The van der Waals surface area contributed by atoms with Crippen LogP contribution in [0.25, 0.3) is 0 Å². The maximum absolute atomic E-state index is 12.2. The lowest BCUT2D eigenvalue weighted by molar-refractivity contribution is -0.134. The van der Waals surface area contributed by atoms with Gasteiger partial charge in [-0.05, 0) is 31.1 Å². The van der Waals surface area contributed by atoms with Gasteiger partial charge in [0.25, 0.3) is 0 Å².